The highest BCUT2D eigenvalue weighted by molar-refractivity contribution is 5.75. The SMILES string of the molecule is CC1CC1c1ccc(CN[C@H](C(=O)O)c2ccccc2)o1. The van der Waals surface area contributed by atoms with Gasteiger partial charge in [0.05, 0.1) is 6.54 Å². The van der Waals surface area contributed by atoms with Crippen LogP contribution in [0.5, 0.6) is 0 Å². The Balaban J connectivity index is 1.64. The van der Waals surface area contributed by atoms with Crippen molar-refractivity contribution in [2.24, 2.45) is 5.92 Å². The van der Waals surface area contributed by atoms with E-state index in [1.807, 2.05) is 42.5 Å². The van der Waals surface area contributed by atoms with Gasteiger partial charge < -0.3 is 9.52 Å². The lowest BCUT2D eigenvalue weighted by Gasteiger charge is -2.13. The smallest absolute Gasteiger partial charge is 0.325 e. The molecule has 3 rings (SSSR count). The van der Waals surface area contributed by atoms with Crippen LogP contribution >= 0.6 is 0 Å². The molecule has 0 aliphatic heterocycles. The van der Waals surface area contributed by atoms with Gasteiger partial charge in [-0.2, -0.15) is 0 Å². The average Bonchev–Trinajstić information content (AvgIpc) is 3.02. The number of furan rings is 1. The van der Waals surface area contributed by atoms with Crippen LogP contribution in [0.3, 0.4) is 0 Å². The lowest BCUT2D eigenvalue weighted by atomic mass is 10.1. The van der Waals surface area contributed by atoms with Crippen molar-refractivity contribution >= 4 is 5.97 Å². The molecule has 1 aromatic carbocycles. The molecule has 4 heteroatoms. The highest BCUT2D eigenvalue weighted by Gasteiger charge is 2.36. The van der Waals surface area contributed by atoms with Crippen LogP contribution in [0.2, 0.25) is 0 Å². The normalized spacial score (nSPS) is 22.0. The van der Waals surface area contributed by atoms with Gasteiger partial charge in [0.15, 0.2) is 0 Å². The Morgan fingerprint density at radius 1 is 1.33 bits per heavy atom. The van der Waals surface area contributed by atoms with Crippen molar-refractivity contribution in [2.45, 2.75) is 31.8 Å². The summed E-state index contributed by atoms with van der Waals surface area (Å²) < 4.78 is 5.79. The lowest BCUT2D eigenvalue weighted by molar-refractivity contribution is -0.139. The summed E-state index contributed by atoms with van der Waals surface area (Å²) in [5.74, 6) is 2.16. The van der Waals surface area contributed by atoms with E-state index in [0.29, 0.717) is 18.4 Å². The van der Waals surface area contributed by atoms with Gasteiger partial charge in [0, 0.05) is 5.92 Å². The maximum Gasteiger partial charge on any atom is 0.325 e. The van der Waals surface area contributed by atoms with Gasteiger partial charge in [0.2, 0.25) is 0 Å². The summed E-state index contributed by atoms with van der Waals surface area (Å²) in [7, 11) is 0. The molecule has 110 valence electrons. The Morgan fingerprint density at radius 2 is 2.05 bits per heavy atom. The van der Waals surface area contributed by atoms with Crippen LogP contribution in [0.25, 0.3) is 0 Å². The summed E-state index contributed by atoms with van der Waals surface area (Å²) in [5, 5.41) is 12.4. The summed E-state index contributed by atoms with van der Waals surface area (Å²) >= 11 is 0. The average molecular weight is 285 g/mol. The summed E-state index contributed by atoms with van der Waals surface area (Å²) in [6, 6.07) is 12.4. The maximum absolute atomic E-state index is 11.4. The Labute approximate surface area is 123 Å². The Kier molecular flexibility index (Phi) is 3.80. The van der Waals surface area contributed by atoms with E-state index in [2.05, 4.69) is 12.2 Å². The molecule has 0 spiro atoms. The summed E-state index contributed by atoms with van der Waals surface area (Å²) in [6.07, 6.45) is 1.18. The van der Waals surface area contributed by atoms with Gasteiger partial charge in [0.1, 0.15) is 17.6 Å². The molecule has 4 nitrogen and oxygen atoms in total. The van der Waals surface area contributed by atoms with Gasteiger partial charge in [-0.25, -0.2) is 0 Å². The zero-order chi connectivity index (χ0) is 14.8. The van der Waals surface area contributed by atoms with E-state index in [9.17, 15) is 9.90 Å². The number of hydrogen-bond acceptors (Lipinski definition) is 3. The third-order valence-corrected chi connectivity index (χ3v) is 4.02. The Hall–Kier alpha value is -2.07. The van der Waals surface area contributed by atoms with Crippen molar-refractivity contribution in [2.75, 3.05) is 0 Å². The largest absolute Gasteiger partial charge is 0.480 e. The molecule has 3 atom stereocenters. The monoisotopic (exact) mass is 285 g/mol. The molecule has 1 aliphatic carbocycles. The first-order chi connectivity index (χ1) is 10.1. The first kappa shape index (κ1) is 13.9. The first-order valence-corrected chi connectivity index (χ1v) is 7.25. The maximum atomic E-state index is 11.4. The van der Waals surface area contributed by atoms with Gasteiger partial charge in [0.25, 0.3) is 0 Å². The van der Waals surface area contributed by atoms with Gasteiger partial charge in [-0.05, 0) is 30.0 Å². The van der Waals surface area contributed by atoms with E-state index in [1.165, 1.54) is 6.42 Å². The van der Waals surface area contributed by atoms with Crippen molar-refractivity contribution in [3.63, 3.8) is 0 Å². The molecule has 1 heterocycles. The van der Waals surface area contributed by atoms with Crippen molar-refractivity contribution < 1.29 is 14.3 Å². The van der Waals surface area contributed by atoms with Crippen LogP contribution in [0, 0.1) is 5.92 Å². The van der Waals surface area contributed by atoms with Crippen LogP contribution in [0.15, 0.2) is 46.9 Å². The number of carbonyl (C=O) groups is 1. The molecule has 0 saturated heterocycles. The molecule has 1 fully saturated rings. The predicted molar refractivity (Wildman–Crippen MR) is 78.9 cm³/mol. The van der Waals surface area contributed by atoms with Crippen molar-refractivity contribution in [3.05, 3.63) is 59.5 Å². The first-order valence-electron chi connectivity index (χ1n) is 7.25. The molecular weight excluding hydrogens is 266 g/mol. The summed E-state index contributed by atoms with van der Waals surface area (Å²) in [5.41, 5.74) is 0.743. The number of carboxylic acid groups (broad SMARTS) is 1. The fourth-order valence-corrected chi connectivity index (χ4v) is 2.60. The molecule has 2 aromatic rings. The van der Waals surface area contributed by atoms with Gasteiger partial charge in [-0.1, -0.05) is 37.3 Å². The van der Waals surface area contributed by atoms with Crippen molar-refractivity contribution in [1.29, 1.82) is 0 Å². The van der Waals surface area contributed by atoms with E-state index in [-0.39, 0.29) is 0 Å². The minimum atomic E-state index is -0.885. The Morgan fingerprint density at radius 3 is 2.67 bits per heavy atom. The second kappa shape index (κ2) is 5.74. The minimum Gasteiger partial charge on any atom is -0.480 e. The fraction of sp³-hybridized carbons (Fsp3) is 0.353. The van der Waals surface area contributed by atoms with Gasteiger partial charge in [-0.15, -0.1) is 0 Å². The number of carboxylic acids is 1. The van der Waals surface area contributed by atoms with E-state index in [4.69, 9.17) is 4.42 Å². The lowest BCUT2D eigenvalue weighted by Crippen LogP contribution is -2.27. The van der Waals surface area contributed by atoms with Crippen molar-refractivity contribution in [1.82, 2.24) is 5.32 Å². The summed E-state index contributed by atoms with van der Waals surface area (Å²) in [6.45, 7) is 2.62. The third-order valence-electron chi connectivity index (χ3n) is 4.02. The Bertz CT molecular complexity index is 620. The van der Waals surface area contributed by atoms with Crippen LogP contribution in [0.4, 0.5) is 0 Å². The molecule has 0 bridgehead atoms. The molecule has 0 radical (unpaired) electrons. The van der Waals surface area contributed by atoms with Crippen LogP contribution in [0.1, 0.15) is 42.4 Å². The zero-order valence-corrected chi connectivity index (χ0v) is 12.0. The fourth-order valence-electron chi connectivity index (χ4n) is 2.60. The predicted octanol–water partition coefficient (Wildman–Crippen LogP) is 3.32. The molecular formula is C17H19NO3. The van der Waals surface area contributed by atoms with E-state index in [1.54, 1.807) is 0 Å². The molecule has 2 unspecified atom stereocenters. The molecule has 2 N–H and O–H groups in total. The quantitative estimate of drug-likeness (QED) is 0.854. The highest BCUT2D eigenvalue weighted by atomic mass is 16.4. The summed E-state index contributed by atoms with van der Waals surface area (Å²) in [4.78, 5) is 11.4. The number of nitrogens with one attached hydrogen (secondary N) is 1. The number of benzene rings is 1. The zero-order valence-electron chi connectivity index (χ0n) is 12.0. The topological polar surface area (TPSA) is 62.5 Å². The second-order valence-corrected chi connectivity index (χ2v) is 5.69. The van der Waals surface area contributed by atoms with Crippen LogP contribution in [-0.2, 0) is 11.3 Å². The van der Waals surface area contributed by atoms with E-state index >= 15 is 0 Å². The van der Waals surface area contributed by atoms with Crippen LogP contribution < -0.4 is 5.32 Å². The van der Waals surface area contributed by atoms with E-state index < -0.39 is 12.0 Å². The molecule has 1 saturated carbocycles. The van der Waals surface area contributed by atoms with Gasteiger partial charge >= 0.3 is 5.97 Å². The standard InChI is InChI=1S/C17H19NO3/c1-11-9-14(11)15-8-7-13(21-15)10-18-16(17(19)20)12-5-3-2-4-6-12/h2-8,11,14,16,18H,9-10H2,1H3,(H,19,20)/t11?,14?,16-/m0/s1. The second-order valence-electron chi connectivity index (χ2n) is 5.69. The van der Waals surface area contributed by atoms with Crippen LogP contribution in [-0.4, -0.2) is 11.1 Å². The molecule has 21 heavy (non-hydrogen) atoms. The van der Waals surface area contributed by atoms with E-state index in [0.717, 1.165) is 17.1 Å². The minimum absolute atomic E-state index is 0.410. The number of hydrogen-bond donors (Lipinski definition) is 2. The third kappa shape index (κ3) is 3.16. The van der Waals surface area contributed by atoms with Gasteiger partial charge in [-0.3, -0.25) is 10.1 Å². The highest BCUT2D eigenvalue weighted by Crippen LogP contribution is 2.47. The number of aliphatic carboxylic acids is 1. The molecule has 1 aliphatic rings. The van der Waals surface area contributed by atoms with Crippen molar-refractivity contribution in [3.8, 4) is 0 Å². The molecule has 1 aromatic heterocycles. The molecule has 0 amide bonds. The number of rotatable bonds is 6.